The molecule has 2 heterocycles. The number of amides is 1. The fourth-order valence-electron chi connectivity index (χ4n) is 2.90. The molecule has 2 aromatic rings. The molecule has 0 fully saturated rings. The van der Waals surface area contributed by atoms with E-state index in [1.807, 2.05) is 6.07 Å². The van der Waals surface area contributed by atoms with Crippen molar-refractivity contribution < 1.29 is 22.4 Å². The fraction of sp³-hybridized carbons (Fsp3) is 0.312. The molecule has 0 spiro atoms. The Morgan fingerprint density at radius 1 is 1.38 bits per heavy atom. The smallest absolute Gasteiger partial charge is 0.305 e. The first-order chi connectivity index (χ1) is 11.8. The van der Waals surface area contributed by atoms with Crippen LogP contribution in [0.1, 0.15) is 40.1 Å². The number of carbonyl (C=O) groups is 1. The van der Waals surface area contributed by atoms with Gasteiger partial charge in [-0.2, -0.15) is 37.0 Å². The van der Waals surface area contributed by atoms with Crippen LogP contribution in [0.4, 0.5) is 23.2 Å². The number of nitrogens with zero attached hydrogens (tertiary/aromatic N) is 4. The second kappa shape index (κ2) is 6.99. The van der Waals surface area contributed by atoms with E-state index in [1.165, 1.54) is 15.8 Å². The number of fused-ring (bicyclic) bond motifs is 1. The van der Waals surface area contributed by atoms with Crippen LogP contribution >= 0.6 is 13.5 Å². The van der Waals surface area contributed by atoms with Gasteiger partial charge in [-0.05, 0) is 30.7 Å². The molecule has 1 aliphatic rings. The summed E-state index contributed by atoms with van der Waals surface area (Å²) in [5.41, 5.74) is -1.31. The van der Waals surface area contributed by atoms with E-state index in [0.29, 0.717) is 0 Å². The number of anilines is 1. The molecule has 0 saturated carbocycles. The molecule has 10 heteroatoms. The van der Waals surface area contributed by atoms with Crippen molar-refractivity contribution >= 4 is 25.1 Å². The maximum atomic E-state index is 13.1. The summed E-state index contributed by atoms with van der Waals surface area (Å²) in [7, 11) is 0. The zero-order valence-electron chi connectivity index (χ0n) is 13.5. The van der Waals surface area contributed by atoms with Crippen molar-refractivity contribution in [2.75, 3.05) is 11.4 Å². The van der Waals surface area contributed by atoms with Crippen LogP contribution in [0.2, 0.25) is 0 Å². The van der Waals surface area contributed by atoms with Gasteiger partial charge < -0.3 is 4.90 Å². The van der Waals surface area contributed by atoms with Gasteiger partial charge in [0, 0.05) is 12.2 Å². The Morgan fingerprint density at radius 3 is 2.65 bits per heavy atom. The average Bonchev–Trinajstić information content (AvgIpc) is 3.01. The van der Waals surface area contributed by atoms with Crippen LogP contribution in [-0.2, 0) is 12.9 Å². The monoisotopic (exact) mass is 386 g/mol. The first-order valence-corrected chi connectivity index (χ1v) is 7.33. The Bertz CT molecular complexity index is 887. The second-order valence-corrected chi connectivity index (χ2v) is 5.70. The predicted octanol–water partition coefficient (Wildman–Crippen LogP) is 3.58. The first-order valence-electron chi connectivity index (χ1n) is 7.33. The van der Waals surface area contributed by atoms with Gasteiger partial charge in [0.05, 0.1) is 17.8 Å². The molecule has 0 unspecified atom stereocenters. The number of hydrogen-bond acceptors (Lipinski definition) is 3. The van der Waals surface area contributed by atoms with Crippen LogP contribution in [0, 0.1) is 11.3 Å². The Hall–Kier alpha value is -2.54. The van der Waals surface area contributed by atoms with Crippen molar-refractivity contribution in [1.29, 1.82) is 5.26 Å². The second-order valence-electron chi connectivity index (χ2n) is 5.70. The quantitative estimate of drug-likeness (QED) is 0.742. The number of aromatic nitrogens is 2. The summed E-state index contributed by atoms with van der Waals surface area (Å²) in [6.07, 6.45) is -3.40. The topological polar surface area (TPSA) is 61.9 Å². The Morgan fingerprint density at radius 2 is 2.08 bits per heavy atom. The van der Waals surface area contributed by atoms with E-state index in [-0.39, 0.29) is 43.0 Å². The van der Waals surface area contributed by atoms with Crippen molar-refractivity contribution in [2.24, 2.45) is 0 Å². The number of nitriles is 1. The minimum absolute atomic E-state index is 0. The summed E-state index contributed by atoms with van der Waals surface area (Å²) in [5.74, 6) is -0.559. The molecule has 5 nitrogen and oxygen atoms in total. The van der Waals surface area contributed by atoms with E-state index in [1.54, 1.807) is 6.92 Å². The minimum atomic E-state index is -4.67. The van der Waals surface area contributed by atoms with Gasteiger partial charge in [0.1, 0.15) is 24.0 Å². The average molecular weight is 386 g/mol. The summed E-state index contributed by atoms with van der Waals surface area (Å²) < 4.78 is 53.2. The molecule has 1 amide bonds. The fourth-order valence-corrected chi connectivity index (χ4v) is 2.90. The molecule has 138 valence electrons. The van der Waals surface area contributed by atoms with E-state index in [9.17, 15) is 22.4 Å². The SMILES string of the molecule is C[C@H]1CN(c2ccc(C(F)(F)F)c(CF)c2)C(=O)c2c(C#N)cnn21.S. The lowest BCUT2D eigenvalue weighted by atomic mass is 10.0. The van der Waals surface area contributed by atoms with Gasteiger partial charge in [-0.25, -0.2) is 4.39 Å². The van der Waals surface area contributed by atoms with Crippen molar-refractivity contribution in [3.63, 3.8) is 0 Å². The summed E-state index contributed by atoms with van der Waals surface area (Å²) in [5, 5.41) is 13.1. The lowest BCUT2D eigenvalue weighted by molar-refractivity contribution is -0.138. The first kappa shape index (κ1) is 19.8. The highest BCUT2D eigenvalue weighted by atomic mass is 32.1. The zero-order chi connectivity index (χ0) is 18.4. The molecule has 0 aliphatic carbocycles. The van der Waals surface area contributed by atoms with Crippen LogP contribution in [-0.4, -0.2) is 22.2 Å². The molecule has 0 saturated heterocycles. The third kappa shape index (κ3) is 3.14. The largest absolute Gasteiger partial charge is 0.416 e. The Labute approximate surface area is 153 Å². The van der Waals surface area contributed by atoms with Crippen molar-refractivity contribution in [2.45, 2.75) is 25.8 Å². The van der Waals surface area contributed by atoms with Crippen molar-refractivity contribution in [3.05, 3.63) is 46.8 Å². The van der Waals surface area contributed by atoms with E-state index in [0.717, 1.165) is 18.2 Å². The molecular weight excluding hydrogens is 372 g/mol. The highest BCUT2D eigenvalue weighted by Gasteiger charge is 2.36. The summed E-state index contributed by atoms with van der Waals surface area (Å²) in [4.78, 5) is 13.9. The number of benzene rings is 1. The molecule has 1 aliphatic heterocycles. The van der Waals surface area contributed by atoms with Gasteiger partial charge in [0.15, 0.2) is 0 Å². The van der Waals surface area contributed by atoms with Crippen LogP contribution in [0.3, 0.4) is 0 Å². The Balaban J connectivity index is 0.00000243. The predicted molar refractivity (Wildman–Crippen MR) is 90.0 cm³/mol. The van der Waals surface area contributed by atoms with Crippen LogP contribution in [0.25, 0.3) is 0 Å². The highest BCUT2D eigenvalue weighted by molar-refractivity contribution is 7.59. The van der Waals surface area contributed by atoms with Gasteiger partial charge in [0.2, 0.25) is 0 Å². The van der Waals surface area contributed by atoms with Crippen molar-refractivity contribution in [3.8, 4) is 6.07 Å². The van der Waals surface area contributed by atoms with Crippen LogP contribution in [0.5, 0.6) is 0 Å². The number of halogens is 4. The van der Waals surface area contributed by atoms with E-state index < -0.39 is 29.9 Å². The minimum Gasteiger partial charge on any atom is -0.305 e. The molecule has 3 rings (SSSR count). The van der Waals surface area contributed by atoms with Gasteiger partial charge in [-0.1, -0.05) is 0 Å². The normalized spacial score (nSPS) is 16.7. The van der Waals surface area contributed by atoms with Gasteiger partial charge in [-0.3, -0.25) is 9.48 Å². The summed E-state index contributed by atoms with van der Waals surface area (Å²) in [6.45, 7) is 0.606. The standard InChI is InChI=1S/C16H12F4N4O.H2S/c1-9-8-23(15(25)14-11(6-21)7-22-24(9)14)12-2-3-13(16(18,19)20)10(4-12)5-17;/h2-4,7,9H,5,8H2,1H3;1H2/t9-;/m0./s1. The lowest BCUT2D eigenvalue weighted by Crippen LogP contribution is -2.43. The number of rotatable bonds is 2. The molecule has 0 N–H and O–H groups in total. The van der Waals surface area contributed by atoms with Gasteiger partial charge in [0.25, 0.3) is 5.91 Å². The third-order valence-electron chi connectivity index (χ3n) is 4.08. The molecule has 0 radical (unpaired) electrons. The molecule has 26 heavy (non-hydrogen) atoms. The number of carbonyl (C=O) groups excluding carboxylic acids is 1. The van der Waals surface area contributed by atoms with Crippen molar-refractivity contribution in [1.82, 2.24) is 9.78 Å². The molecule has 1 aromatic heterocycles. The van der Waals surface area contributed by atoms with E-state index in [2.05, 4.69) is 5.10 Å². The maximum absolute atomic E-state index is 13.1. The lowest BCUT2D eigenvalue weighted by Gasteiger charge is -2.32. The van der Waals surface area contributed by atoms with Gasteiger partial charge in [-0.15, -0.1) is 0 Å². The highest BCUT2D eigenvalue weighted by Crippen LogP contribution is 2.36. The maximum Gasteiger partial charge on any atom is 0.416 e. The number of hydrogen-bond donors (Lipinski definition) is 0. The van der Waals surface area contributed by atoms with Crippen LogP contribution < -0.4 is 4.90 Å². The molecule has 0 bridgehead atoms. The molecule has 1 atom stereocenters. The van der Waals surface area contributed by atoms with Crippen LogP contribution in [0.15, 0.2) is 24.4 Å². The molecular formula is C16H14F4N4OS. The Kier molecular flexibility index (Phi) is 5.32. The third-order valence-corrected chi connectivity index (χ3v) is 4.08. The number of alkyl halides is 4. The van der Waals surface area contributed by atoms with E-state index in [4.69, 9.17) is 5.26 Å². The zero-order valence-corrected chi connectivity index (χ0v) is 14.5. The van der Waals surface area contributed by atoms with Gasteiger partial charge >= 0.3 is 6.18 Å². The summed E-state index contributed by atoms with van der Waals surface area (Å²) in [6, 6.07) is 4.50. The molecule has 1 aromatic carbocycles. The summed E-state index contributed by atoms with van der Waals surface area (Å²) >= 11 is 0. The van der Waals surface area contributed by atoms with E-state index >= 15 is 0 Å².